The zero-order valence-corrected chi connectivity index (χ0v) is 13.4. The second kappa shape index (κ2) is 6.19. The molecule has 112 valence electrons. The van der Waals surface area contributed by atoms with Gasteiger partial charge in [0.15, 0.2) is 0 Å². The molecule has 1 saturated heterocycles. The number of aromatic nitrogens is 2. The van der Waals surface area contributed by atoms with Crippen LogP contribution in [0.4, 0.5) is 0 Å². The van der Waals surface area contributed by atoms with Crippen LogP contribution in [0.15, 0.2) is 18.6 Å². The molecule has 1 aliphatic heterocycles. The highest BCUT2D eigenvalue weighted by atomic mass is 15.2. The van der Waals surface area contributed by atoms with Crippen molar-refractivity contribution in [1.82, 2.24) is 20.2 Å². The van der Waals surface area contributed by atoms with Gasteiger partial charge in [-0.05, 0) is 17.4 Å². The molecule has 1 aliphatic rings. The third kappa shape index (κ3) is 3.76. The summed E-state index contributed by atoms with van der Waals surface area (Å²) in [4.78, 5) is 11.0. The summed E-state index contributed by atoms with van der Waals surface area (Å²) in [5.41, 5.74) is 1.39. The van der Waals surface area contributed by atoms with Crippen LogP contribution in [-0.4, -0.2) is 40.0 Å². The molecule has 0 radical (unpaired) electrons. The number of nitrogens with zero attached hydrogens (tertiary/aromatic N) is 3. The zero-order valence-electron chi connectivity index (χ0n) is 13.4. The van der Waals surface area contributed by atoms with Crippen LogP contribution >= 0.6 is 0 Å². The number of hydrogen-bond donors (Lipinski definition) is 1. The van der Waals surface area contributed by atoms with E-state index in [4.69, 9.17) is 0 Å². The van der Waals surface area contributed by atoms with Gasteiger partial charge in [0, 0.05) is 37.9 Å². The van der Waals surface area contributed by atoms with Gasteiger partial charge >= 0.3 is 0 Å². The third-order valence-electron chi connectivity index (χ3n) is 4.28. The highest BCUT2D eigenvalue weighted by molar-refractivity contribution is 5.01. The average Bonchev–Trinajstić information content (AvgIpc) is 2.38. The molecule has 2 heterocycles. The van der Waals surface area contributed by atoms with Gasteiger partial charge in [0.2, 0.25) is 0 Å². The normalized spacial score (nSPS) is 25.1. The van der Waals surface area contributed by atoms with E-state index < -0.39 is 0 Å². The van der Waals surface area contributed by atoms with Crippen molar-refractivity contribution < 1.29 is 0 Å². The maximum absolute atomic E-state index is 4.38. The lowest BCUT2D eigenvalue weighted by Gasteiger charge is -2.46. The lowest BCUT2D eigenvalue weighted by Crippen LogP contribution is -2.61. The molecule has 0 aliphatic carbocycles. The molecule has 1 aromatic heterocycles. The van der Waals surface area contributed by atoms with E-state index in [9.17, 15) is 0 Å². The van der Waals surface area contributed by atoms with E-state index in [0.717, 1.165) is 25.3 Å². The van der Waals surface area contributed by atoms with Crippen LogP contribution in [0.3, 0.4) is 0 Å². The average molecular weight is 276 g/mol. The van der Waals surface area contributed by atoms with E-state index in [2.05, 4.69) is 54.8 Å². The molecule has 2 rings (SSSR count). The number of rotatable bonds is 3. The summed E-state index contributed by atoms with van der Waals surface area (Å²) in [5.74, 6) is 0.644. The SMILES string of the molecule is CC(C)C1CNC(C(C)(C)C)CN1Cc1ccncn1. The molecule has 2 unspecified atom stereocenters. The van der Waals surface area contributed by atoms with Crippen molar-refractivity contribution in [3.8, 4) is 0 Å². The Morgan fingerprint density at radius 3 is 2.70 bits per heavy atom. The molecule has 1 N–H and O–H groups in total. The molecular formula is C16H28N4. The summed E-state index contributed by atoms with van der Waals surface area (Å²) >= 11 is 0. The quantitative estimate of drug-likeness (QED) is 0.920. The summed E-state index contributed by atoms with van der Waals surface area (Å²) in [6.45, 7) is 14.6. The van der Waals surface area contributed by atoms with Crippen molar-refractivity contribution in [2.75, 3.05) is 13.1 Å². The molecule has 4 nitrogen and oxygen atoms in total. The van der Waals surface area contributed by atoms with Crippen molar-refractivity contribution in [3.63, 3.8) is 0 Å². The topological polar surface area (TPSA) is 41.0 Å². The summed E-state index contributed by atoms with van der Waals surface area (Å²) in [7, 11) is 0. The Balaban J connectivity index is 2.11. The first-order valence-corrected chi connectivity index (χ1v) is 7.60. The minimum atomic E-state index is 0.284. The predicted octanol–water partition coefficient (Wildman–Crippen LogP) is 2.32. The summed E-state index contributed by atoms with van der Waals surface area (Å²) in [5, 5.41) is 3.73. The van der Waals surface area contributed by atoms with Gasteiger partial charge < -0.3 is 5.32 Å². The van der Waals surface area contributed by atoms with Gasteiger partial charge in [-0.15, -0.1) is 0 Å². The van der Waals surface area contributed by atoms with Crippen LogP contribution in [0, 0.1) is 11.3 Å². The van der Waals surface area contributed by atoms with Gasteiger partial charge in [0.05, 0.1) is 5.69 Å². The van der Waals surface area contributed by atoms with Crippen LogP contribution in [-0.2, 0) is 6.54 Å². The van der Waals surface area contributed by atoms with Crippen molar-refractivity contribution in [3.05, 3.63) is 24.3 Å². The van der Waals surface area contributed by atoms with Gasteiger partial charge in [-0.25, -0.2) is 9.97 Å². The molecule has 0 saturated carbocycles. The van der Waals surface area contributed by atoms with Crippen LogP contribution in [0.1, 0.15) is 40.3 Å². The van der Waals surface area contributed by atoms with Crippen molar-refractivity contribution in [1.29, 1.82) is 0 Å². The lowest BCUT2D eigenvalue weighted by molar-refractivity contribution is 0.0562. The Hall–Kier alpha value is -1.00. The smallest absolute Gasteiger partial charge is 0.115 e. The molecule has 0 bridgehead atoms. The third-order valence-corrected chi connectivity index (χ3v) is 4.28. The van der Waals surface area contributed by atoms with E-state index >= 15 is 0 Å². The van der Waals surface area contributed by atoms with Gasteiger partial charge in [-0.3, -0.25) is 4.90 Å². The molecule has 0 aromatic carbocycles. The van der Waals surface area contributed by atoms with Gasteiger partial charge in [-0.1, -0.05) is 34.6 Å². The molecule has 1 aromatic rings. The number of hydrogen-bond acceptors (Lipinski definition) is 4. The minimum Gasteiger partial charge on any atom is -0.311 e. The lowest BCUT2D eigenvalue weighted by atomic mass is 9.83. The fourth-order valence-electron chi connectivity index (χ4n) is 2.87. The summed E-state index contributed by atoms with van der Waals surface area (Å²) < 4.78 is 0. The van der Waals surface area contributed by atoms with Crippen LogP contribution in [0.2, 0.25) is 0 Å². The monoisotopic (exact) mass is 276 g/mol. The largest absolute Gasteiger partial charge is 0.311 e. The van der Waals surface area contributed by atoms with E-state index in [1.54, 1.807) is 6.33 Å². The summed E-state index contributed by atoms with van der Waals surface area (Å²) in [6, 6.07) is 3.12. The first kappa shape index (κ1) is 15.4. The van der Waals surface area contributed by atoms with E-state index in [-0.39, 0.29) is 5.41 Å². The summed E-state index contributed by atoms with van der Waals surface area (Å²) in [6.07, 6.45) is 3.47. The molecule has 2 atom stereocenters. The molecule has 20 heavy (non-hydrogen) atoms. The zero-order chi connectivity index (χ0) is 14.8. The van der Waals surface area contributed by atoms with Gasteiger partial charge in [0.1, 0.15) is 6.33 Å². The molecular weight excluding hydrogens is 248 g/mol. The number of piperazine rings is 1. The van der Waals surface area contributed by atoms with Crippen molar-refractivity contribution in [2.45, 2.75) is 53.2 Å². The van der Waals surface area contributed by atoms with Crippen molar-refractivity contribution in [2.24, 2.45) is 11.3 Å². The molecule has 0 amide bonds. The molecule has 4 heteroatoms. The molecule has 0 spiro atoms. The second-order valence-electron chi connectivity index (χ2n) is 7.27. The maximum Gasteiger partial charge on any atom is 0.115 e. The van der Waals surface area contributed by atoms with E-state index in [1.807, 2.05) is 12.3 Å². The van der Waals surface area contributed by atoms with Crippen LogP contribution in [0.5, 0.6) is 0 Å². The maximum atomic E-state index is 4.38. The second-order valence-corrected chi connectivity index (χ2v) is 7.27. The predicted molar refractivity (Wildman–Crippen MR) is 82.3 cm³/mol. The Labute approximate surface area is 123 Å². The molecule has 1 fully saturated rings. The van der Waals surface area contributed by atoms with E-state index in [1.165, 1.54) is 0 Å². The first-order valence-electron chi connectivity index (χ1n) is 7.60. The van der Waals surface area contributed by atoms with Gasteiger partial charge in [0.25, 0.3) is 0 Å². The Morgan fingerprint density at radius 2 is 2.15 bits per heavy atom. The first-order chi connectivity index (χ1) is 9.38. The highest BCUT2D eigenvalue weighted by Crippen LogP contribution is 2.26. The minimum absolute atomic E-state index is 0.284. The number of nitrogens with one attached hydrogen (secondary N) is 1. The van der Waals surface area contributed by atoms with E-state index in [0.29, 0.717) is 18.0 Å². The fourth-order valence-corrected chi connectivity index (χ4v) is 2.87. The fraction of sp³-hybridized carbons (Fsp3) is 0.750. The Morgan fingerprint density at radius 1 is 1.40 bits per heavy atom. The van der Waals surface area contributed by atoms with Gasteiger partial charge in [-0.2, -0.15) is 0 Å². The Bertz CT molecular complexity index is 410. The Kier molecular flexibility index (Phi) is 4.76. The van der Waals surface area contributed by atoms with Crippen molar-refractivity contribution >= 4 is 0 Å². The van der Waals surface area contributed by atoms with Crippen LogP contribution < -0.4 is 5.32 Å². The van der Waals surface area contributed by atoms with Crippen LogP contribution in [0.25, 0.3) is 0 Å². The standard InChI is InChI=1S/C16H28N4/c1-12(2)14-8-18-15(16(3,4)5)10-20(14)9-13-6-7-17-11-19-13/h6-7,11-12,14-15,18H,8-10H2,1-5H3. The highest BCUT2D eigenvalue weighted by Gasteiger charge is 2.35.